The Morgan fingerprint density at radius 3 is 2.70 bits per heavy atom. The molecular weight excluding hydrogens is 256 g/mol. The standard InChI is InChI=1S/C14H16N4O2/c1-9-12(10(2)19-15-9)8-18(3)7-11-5-4-6-13-14(11)17-20-16-13/h4-6H,7-8H2,1-3H3. The molecule has 20 heavy (non-hydrogen) atoms. The molecule has 0 atom stereocenters. The van der Waals surface area contributed by atoms with Crippen LogP contribution in [0.2, 0.25) is 0 Å². The van der Waals surface area contributed by atoms with Gasteiger partial charge >= 0.3 is 0 Å². The van der Waals surface area contributed by atoms with E-state index in [1.807, 2.05) is 32.0 Å². The molecule has 0 aliphatic carbocycles. The van der Waals surface area contributed by atoms with Gasteiger partial charge in [0.25, 0.3) is 0 Å². The first-order valence-corrected chi connectivity index (χ1v) is 6.45. The molecule has 0 N–H and O–H groups in total. The second-order valence-electron chi connectivity index (χ2n) is 5.02. The van der Waals surface area contributed by atoms with Gasteiger partial charge in [0.1, 0.15) is 16.8 Å². The van der Waals surface area contributed by atoms with Gasteiger partial charge in [-0.3, -0.25) is 4.90 Å². The van der Waals surface area contributed by atoms with Crippen LogP contribution >= 0.6 is 0 Å². The molecule has 104 valence electrons. The van der Waals surface area contributed by atoms with E-state index in [0.717, 1.165) is 46.7 Å². The van der Waals surface area contributed by atoms with Gasteiger partial charge in [-0.15, -0.1) is 0 Å². The van der Waals surface area contributed by atoms with E-state index in [1.165, 1.54) is 0 Å². The lowest BCUT2D eigenvalue weighted by Gasteiger charge is -2.16. The van der Waals surface area contributed by atoms with Crippen molar-refractivity contribution in [2.45, 2.75) is 26.9 Å². The minimum atomic E-state index is 0.760. The van der Waals surface area contributed by atoms with E-state index in [0.29, 0.717) is 0 Å². The lowest BCUT2D eigenvalue weighted by molar-refractivity contribution is 0.308. The molecular formula is C14H16N4O2. The lowest BCUT2D eigenvalue weighted by atomic mass is 10.1. The van der Waals surface area contributed by atoms with Gasteiger partial charge in [0.2, 0.25) is 0 Å². The maximum atomic E-state index is 5.19. The SMILES string of the molecule is Cc1noc(C)c1CN(C)Cc1cccc2nonc12. The largest absolute Gasteiger partial charge is 0.361 e. The van der Waals surface area contributed by atoms with Crippen LogP contribution in [0.15, 0.2) is 27.4 Å². The summed E-state index contributed by atoms with van der Waals surface area (Å²) in [7, 11) is 2.05. The summed E-state index contributed by atoms with van der Waals surface area (Å²) in [5.41, 5.74) is 4.78. The average molecular weight is 272 g/mol. The zero-order valence-corrected chi connectivity index (χ0v) is 11.8. The first kappa shape index (κ1) is 12.8. The Morgan fingerprint density at radius 1 is 1.10 bits per heavy atom. The molecule has 1 aromatic carbocycles. The first-order chi connectivity index (χ1) is 9.65. The molecule has 2 aromatic heterocycles. The number of aromatic nitrogens is 3. The molecule has 6 heteroatoms. The lowest BCUT2D eigenvalue weighted by Crippen LogP contribution is -2.18. The molecule has 0 saturated heterocycles. The second-order valence-corrected chi connectivity index (χ2v) is 5.02. The van der Waals surface area contributed by atoms with Gasteiger partial charge in [-0.2, -0.15) is 0 Å². The van der Waals surface area contributed by atoms with Crippen molar-refractivity contribution in [2.24, 2.45) is 0 Å². The molecule has 3 rings (SSSR count). The molecule has 0 aliphatic heterocycles. The van der Waals surface area contributed by atoms with Crippen LogP contribution in [0.3, 0.4) is 0 Å². The summed E-state index contributed by atoms with van der Waals surface area (Å²) in [4.78, 5) is 2.19. The molecule has 0 amide bonds. The Labute approximate surface area is 116 Å². The maximum absolute atomic E-state index is 5.19. The van der Waals surface area contributed by atoms with E-state index in [4.69, 9.17) is 9.15 Å². The van der Waals surface area contributed by atoms with Crippen molar-refractivity contribution in [3.63, 3.8) is 0 Å². The van der Waals surface area contributed by atoms with E-state index in [1.54, 1.807) is 0 Å². The molecule has 0 spiro atoms. The summed E-state index contributed by atoms with van der Waals surface area (Å²) < 4.78 is 9.98. The Balaban J connectivity index is 1.79. The number of fused-ring (bicyclic) bond motifs is 1. The van der Waals surface area contributed by atoms with Gasteiger partial charge in [-0.25, -0.2) is 4.63 Å². The van der Waals surface area contributed by atoms with Crippen molar-refractivity contribution in [2.75, 3.05) is 7.05 Å². The average Bonchev–Trinajstić information content (AvgIpc) is 3.01. The van der Waals surface area contributed by atoms with E-state index in [2.05, 4.69) is 27.4 Å². The van der Waals surface area contributed by atoms with Gasteiger partial charge < -0.3 is 4.52 Å². The fourth-order valence-corrected chi connectivity index (χ4v) is 2.33. The second kappa shape index (κ2) is 5.05. The van der Waals surface area contributed by atoms with Gasteiger partial charge in [-0.1, -0.05) is 17.3 Å². The zero-order chi connectivity index (χ0) is 14.1. The molecule has 6 nitrogen and oxygen atoms in total. The van der Waals surface area contributed by atoms with Crippen molar-refractivity contribution in [1.82, 2.24) is 20.4 Å². The van der Waals surface area contributed by atoms with Crippen molar-refractivity contribution < 1.29 is 9.15 Å². The third-order valence-corrected chi connectivity index (χ3v) is 3.42. The first-order valence-electron chi connectivity index (χ1n) is 6.45. The maximum Gasteiger partial charge on any atom is 0.139 e. The quantitative estimate of drug-likeness (QED) is 0.726. The predicted octanol–water partition coefficient (Wildman–Crippen LogP) is 2.46. The van der Waals surface area contributed by atoms with Crippen molar-refractivity contribution in [1.29, 1.82) is 0 Å². The van der Waals surface area contributed by atoms with Gasteiger partial charge in [0, 0.05) is 18.7 Å². The normalized spacial score (nSPS) is 11.6. The third-order valence-electron chi connectivity index (χ3n) is 3.42. The zero-order valence-electron chi connectivity index (χ0n) is 11.8. The van der Waals surface area contributed by atoms with E-state index in [9.17, 15) is 0 Å². The van der Waals surface area contributed by atoms with Crippen LogP contribution < -0.4 is 0 Å². The fourth-order valence-electron chi connectivity index (χ4n) is 2.33. The Kier molecular flexibility index (Phi) is 3.23. The van der Waals surface area contributed by atoms with E-state index < -0.39 is 0 Å². The molecule has 0 fully saturated rings. The Hall–Kier alpha value is -2.21. The van der Waals surface area contributed by atoms with Crippen LogP contribution in [0.1, 0.15) is 22.6 Å². The van der Waals surface area contributed by atoms with Crippen LogP contribution in [-0.4, -0.2) is 27.4 Å². The molecule has 0 aliphatic rings. The summed E-state index contributed by atoms with van der Waals surface area (Å²) in [6, 6.07) is 5.89. The van der Waals surface area contributed by atoms with Crippen molar-refractivity contribution in [3.8, 4) is 0 Å². The summed E-state index contributed by atoms with van der Waals surface area (Å²) in [5, 5.41) is 11.8. The summed E-state index contributed by atoms with van der Waals surface area (Å²) >= 11 is 0. The third kappa shape index (κ3) is 2.30. The number of aryl methyl sites for hydroxylation is 2. The molecule has 0 bridgehead atoms. The highest BCUT2D eigenvalue weighted by molar-refractivity contribution is 5.76. The summed E-state index contributed by atoms with van der Waals surface area (Å²) in [6.07, 6.45) is 0. The number of nitrogens with zero attached hydrogens (tertiary/aromatic N) is 4. The van der Waals surface area contributed by atoms with Gasteiger partial charge in [0.15, 0.2) is 0 Å². The van der Waals surface area contributed by atoms with Crippen LogP contribution in [0, 0.1) is 13.8 Å². The highest BCUT2D eigenvalue weighted by atomic mass is 16.6. The molecule has 0 radical (unpaired) electrons. The molecule has 2 heterocycles. The minimum absolute atomic E-state index is 0.760. The number of rotatable bonds is 4. The highest BCUT2D eigenvalue weighted by Gasteiger charge is 2.13. The number of hydrogen-bond donors (Lipinski definition) is 0. The monoisotopic (exact) mass is 272 g/mol. The predicted molar refractivity (Wildman–Crippen MR) is 73.0 cm³/mol. The smallest absolute Gasteiger partial charge is 0.139 e. The van der Waals surface area contributed by atoms with E-state index in [-0.39, 0.29) is 0 Å². The summed E-state index contributed by atoms with van der Waals surface area (Å²) in [5.74, 6) is 0.871. The van der Waals surface area contributed by atoms with Crippen molar-refractivity contribution in [3.05, 3.63) is 40.8 Å². The van der Waals surface area contributed by atoms with Crippen molar-refractivity contribution >= 4 is 11.0 Å². The van der Waals surface area contributed by atoms with Gasteiger partial charge in [0.05, 0.1) is 5.69 Å². The van der Waals surface area contributed by atoms with Crippen LogP contribution in [0.5, 0.6) is 0 Å². The van der Waals surface area contributed by atoms with Gasteiger partial charge in [-0.05, 0) is 42.8 Å². The minimum Gasteiger partial charge on any atom is -0.361 e. The number of hydrogen-bond acceptors (Lipinski definition) is 6. The Bertz CT molecular complexity index is 712. The van der Waals surface area contributed by atoms with Crippen LogP contribution in [0.4, 0.5) is 0 Å². The Morgan fingerprint density at radius 2 is 1.95 bits per heavy atom. The van der Waals surface area contributed by atoms with Crippen LogP contribution in [0.25, 0.3) is 11.0 Å². The molecule has 0 saturated carbocycles. The molecule has 0 unspecified atom stereocenters. The van der Waals surface area contributed by atoms with E-state index >= 15 is 0 Å². The topological polar surface area (TPSA) is 68.2 Å². The van der Waals surface area contributed by atoms with Crippen LogP contribution in [-0.2, 0) is 13.1 Å². The fraction of sp³-hybridized carbons (Fsp3) is 0.357. The summed E-state index contributed by atoms with van der Waals surface area (Å²) in [6.45, 7) is 5.44. The highest BCUT2D eigenvalue weighted by Crippen LogP contribution is 2.19. The molecule has 3 aromatic rings. The number of benzene rings is 1.